The highest BCUT2D eigenvalue weighted by molar-refractivity contribution is 6.17. The number of hydrogen-bond acceptors (Lipinski definition) is 1. The molecule has 11 aromatic rings. The lowest BCUT2D eigenvalue weighted by Crippen LogP contribution is -1.95. The third-order valence-corrected chi connectivity index (χ3v) is 10.2. The highest BCUT2D eigenvalue weighted by Gasteiger charge is 2.21. The third kappa shape index (κ3) is 4.12. The van der Waals surface area contributed by atoms with Gasteiger partial charge in [0.05, 0.1) is 34.6 Å². The summed E-state index contributed by atoms with van der Waals surface area (Å²) >= 11 is 0. The van der Waals surface area contributed by atoms with Crippen molar-refractivity contribution in [2.45, 2.75) is 0 Å². The molecule has 0 saturated heterocycles. The summed E-state index contributed by atoms with van der Waals surface area (Å²) in [6, 6.07) is 50.5. The van der Waals surface area contributed by atoms with Gasteiger partial charge in [0.2, 0.25) is 0 Å². The topological polar surface area (TPSA) is 23.0 Å². The summed E-state index contributed by atoms with van der Waals surface area (Å²) in [7, 11) is 0. The molecule has 0 amide bonds. The van der Waals surface area contributed by atoms with Crippen molar-refractivity contribution in [3.05, 3.63) is 182 Å². The van der Waals surface area contributed by atoms with E-state index in [1.807, 2.05) is 48.5 Å². The second kappa shape index (κ2) is 10.8. The molecule has 0 atom stereocenters. The van der Waals surface area contributed by atoms with Crippen molar-refractivity contribution in [3.63, 3.8) is 0 Å². The smallest absolute Gasteiger partial charge is 0.160 e. The van der Waals surface area contributed by atoms with Crippen molar-refractivity contribution in [1.29, 1.82) is 0 Å². The van der Waals surface area contributed by atoms with Crippen LogP contribution in [0.15, 0.2) is 186 Å². The van der Waals surface area contributed by atoms with Gasteiger partial charge in [-0.1, -0.05) is 127 Å². The molecule has 0 aliphatic carbocycles. The van der Waals surface area contributed by atoms with Crippen molar-refractivity contribution in [2.24, 2.45) is 0 Å². The quantitative estimate of drug-likeness (QED) is 0.185. The maximum absolute atomic E-state index is 8.85. The van der Waals surface area contributed by atoms with Gasteiger partial charge >= 0.3 is 0 Å². The van der Waals surface area contributed by atoms with Crippen molar-refractivity contribution < 1.29 is 11.3 Å². The number of nitrogens with zero attached hydrogens (tertiary/aromatic N) is 2. The van der Waals surface area contributed by atoms with Crippen LogP contribution in [0.4, 0.5) is 0 Å². The Kier molecular flexibility index (Phi) is 4.99. The van der Waals surface area contributed by atoms with Crippen LogP contribution in [0, 0.1) is 0 Å². The van der Waals surface area contributed by atoms with E-state index in [9.17, 15) is 0 Å². The highest BCUT2D eigenvalue weighted by Crippen LogP contribution is 2.43. The third-order valence-electron chi connectivity index (χ3n) is 10.2. The van der Waals surface area contributed by atoms with Crippen molar-refractivity contribution in [3.8, 4) is 33.6 Å². The van der Waals surface area contributed by atoms with Gasteiger partial charge < -0.3 is 13.6 Å². The summed E-state index contributed by atoms with van der Waals surface area (Å²) in [4.78, 5) is 0. The SMILES string of the molecule is [2H]c1c([2H])c([2H])c(-c2ccc(-n3c4ccccc4c4ccc(-c5ccc6c(c5)c5ccccc5n6-c5ccccc5)cc43)c3oc4ccccc4c23)c([2H])c1[2H]. The average Bonchev–Trinajstić information content (AvgIpc) is 3.90. The van der Waals surface area contributed by atoms with Gasteiger partial charge in [0, 0.05) is 38.0 Å². The molecule has 3 aromatic heterocycles. The monoisotopic (exact) mass is 655 g/mol. The number of benzene rings is 8. The first kappa shape index (κ1) is 23.5. The average molecular weight is 656 g/mol. The molecular weight excluding hydrogens is 621 g/mol. The lowest BCUT2D eigenvalue weighted by atomic mass is 9.98. The molecule has 0 N–H and O–H groups in total. The minimum atomic E-state index is -0.421. The lowest BCUT2D eigenvalue weighted by Gasteiger charge is -2.12. The van der Waals surface area contributed by atoms with E-state index in [0.717, 1.165) is 60.7 Å². The van der Waals surface area contributed by atoms with Gasteiger partial charge in [-0.2, -0.15) is 0 Å². The van der Waals surface area contributed by atoms with Gasteiger partial charge in [-0.05, 0) is 76.9 Å². The lowest BCUT2D eigenvalue weighted by molar-refractivity contribution is 0.666. The summed E-state index contributed by atoms with van der Waals surface area (Å²) in [5.74, 6) is 0. The van der Waals surface area contributed by atoms with E-state index in [1.54, 1.807) is 0 Å². The van der Waals surface area contributed by atoms with Gasteiger partial charge in [0.1, 0.15) is 5.58 Å². The first-order valence-corrected chi connectivity index (χ1v) is 17.0. The van der Waals surface area contributed by atoms with E-state index in [-0.39, 0.29) is 29.7 Å². The van der Waals surface area contributed by atoms with Gasteiger partial charge in [-0.25, -0.2) is 0 Å². The molecule has 0 radical (unpaired) electrons. The maximum Gasteiger partial charge on any atom is 0.160 e. The van der Waals surface area contributed by atoms with E-state index >= 15 is 0 Å². The number of aromatic nitrogens is 2. The van der Waals surface area contributed by atoms with E-state index in [1.165, 1.54) is 10.8 Å². The fourth-order valence-electron chi connectivity index (χ4n) is 8.00. The standard InChI is InChI=1S/C48H30N2O/c1-3-13-31(14-4-1)35-26-28-44(48-47(35)39-19-9-12-22-46(39)51-48)50-42-21-11-7-17-36(42)38-25-23-33(30-45(38)50)32-24-27-43-40(29-32)37-18-8-10-20-41(37)49(43)34-15-5-2-6-16-34/h1-30H/i1D,3D,4D,13D,14D. The minimum absolute atomic E-state index is 0.146. The Morgan fingerprint density at radius 3 is 1.88 bits per heavy atom. The largest absolute Gasteiger partial charge is 0.454 e. The zero-order chi connectivity index (χ0) is 37.8. The molecule has 3 nitrogen and oxygen atoms in total. The maximum atomic E-state index is 8.85. The van der Waals surface area contributed by atoms with E-state index < -0.39 is 6.04 Å². The summed E-state index contributed by atoms with van der Waals surface area (Å²) in [5.41, 5.74) is 10.2. The van der Waals surface area contributed by atoms with Gasteiger partial charge in [0.15, 0.2) is 5.58 Å². The molecule has 0 aliphatic rings. The predicted molar refractivity (Wildman–Crippen MR) is 213 cm³/mol. The normalized spacial score (nSPS) is 13.3. The molecule has 0 spiro atoms. The first-order valence-electron chi connectivity index (χ1n) is 19.5. The zero-order valence-corrected chi connectivity index (χ0v) is 27.2. The predicted octanol–water partition coefficient (Wildman–Crippen LogP) is 13.1. The fourth-order valence-corrected chi connectivity index (χ4v) is 8.00. The minimum Gasteiger partial charge on any atom is -0.454 e. The van der Waals surface area contributed by atoms with Crippen molar-refractivity contribution in [1.82, 2.24) is 9.13 Å². The first-order chi connectivity index (χ1) is 27.4. The van der Waals surface area contributed by atoms with Crippen LogP contribution in [0.25, 0.3) is 99.2 Å². The molecule has 51 heavy (non-hydrogen) atoms. The summed E-state index contributed by atoms with van der Waals surface area (Å²) in [6.45, 7) is 0. The molecule has 0 fully saturated rings. The number of furan rings is 1. The van der Waals surface area contributed by atoms with E-state index in [0.29, 0.717) is 22.1 Å². The highest BCUT2D eigenvalue weighted by atomic mass is 16.3. The molecule has 8 aromatic carbocycles. The van der Waals surface area contributed by atoms with Crippen molar-refractivity contribution >= 4 is 65.6 Å². The van der Waals surface area contributed by atoms with Crippen molar-refractivity contribution in [2.75, 3.05) is 0 Å². The molecule has 238 valence electrons. The summed E-state index contributed by atoms with van der Waals surface area (Å²) in [5, 5.41) is 6.04. The Morgan fingerprint density at radius 1 is 0.431 bits per heavy atom. The number of fused-ring (bicyclic) bond motifs is 9. The molecular formula is C48H30N2O. The Balaban J connectivity index is 1.18. The second-order valence-electron chi connectivity index (χ2n) is 12.9. The second-order valence-corrected chi connectivity index (χ2v) is 12.9. The van der Waals surface area contributed by atoms with Crippen LogP contribution in [0.5, 0.6) is 0 Å². The molecule has 0 aliphatic heterocycles. The molecule has 0 saturated carbocycles. The summed E-state index contributed by atoms with van der Waals surface area (Å²) < 4.78 is 54.0. The van der Waals surface area contributed by atoms with Crippen LogP contribution in [0.1, 0.15) is 6.85 Å². The van der Waals surface area contributed by atoms with E-state index in [2.05, 4.69) is 112 Å². The van der Waals surface area contributed by atoms with Crippen LogP contribution in [-0.2, 0) is 0 Å². The number of hydrogen-bond donors (Lipinski definition) is 0. The Labute approximate surface area is 300 Å². The molecule has 3 heterocycles. The molecule has 0 bridgehead atoms. The Hall–Kier alpha value is -6.84. The molecule has 11 rings (SSSR count). The van der Waals surface area contributed by atoms with Crippen LogP contribution < -0.4 is 0 Å². The molecule has 0 unspecified atom stereocenters. The van der Waals surface area contributed by atoms with Crippen LogP contribution in [-0.4, -0.2) is 9.13 Å². The van der Waals surface area contributed by atoms with Crippen LogP contribution in [0.3, 0.4) is 0 Å². The Morgan fingerprint density at radius 2 is 1.06 bits per heavy atom. The number of rotatable bonds is 4. The zero-order valence-electron chi connectivity index (χ0n) is 32.2. The number of para-hydroxylation sites is 4. The van der Waals surface area contributed by atoms with Gasteiger partial charge in [0.25, 0.3) is 0 Å². The van der Waals surface area contributed by atoms with Crippen LogP contribution in [0.2, 0.25) is 0 Å². The van der Waals surface area contributed by atoms with Crippen LogP contribution >= 0.6 is 0 Å². The Bertz CT molecular complexity index is 3400. The fraction of sp³-hybridized carbons (Fsp3) is 0. The molecule has 3 heteroatoms. The van der Waals surface area contributed by atoms with Gasteiger partial charge in [-0.15, -0.1) is 0 Å². The van der Waals surface area contributed by atoms with Gasteiger partial charge in [-0.3, -0.25) is 0 Å². The summed E-state index contributed by atoms with van der Waals surface area (Å²) in [6.07, 6.45) is 0. The van der Waals surface area contributed by atoms with E-state index in [4.69, 9.17) is 11.3 Å².